The maximum Gasteiger partial charge on any atom is 0.129 e. The van der Waals surface area contributed by atoms with Gasteiger partial charge in [-0.25, -0.2) is 9.97 Å². The topological polar surface area (TPSA) is 86.7 Å². The van der Waals surface area contributed by atoms with Crippen molar-refractivity contribution in [2.45, 2.75) is 51.6 Å². The zero-order valence-electron chi connectivity index (χ0n) is 13.1. The summed E-state index contributed by atoms with van der Waals surface area (Å²) in [5.41, 5.74) is 4.59. The number of hydrogen-bond donors (Lipinski definition) is 3. The van der Waals surface area contributed by atoms with Crippen LogP contribution in [0.25, 0.3) is 0 Å². The highest BCUT2D eigenvalue weighted by molar-refractivity contribution is 5.36. The van der Waals surface area contributed by atoms with Crippen LogP contribution in [-0.4, -0.2) is 37.9 Å². The van der Waals surface area contributed by atoms with Crippen molar-refractivity contribution in [3.05, 3.63) is 35.0 Å². The largest absolute Gasteiger partial charge is 0.393 e. The molecule has 1 fully saturated rings. The van der Waals surface area contributed by atoms with Gasteiger partial charge in [-0.1, -0.05) is 0 Å². The Morgan fingerprint density at radius 1 is 1.32 bits per heavy atom. The van der Waals surface area contributed by atoms with Crippen molar-refractivity contribution in [2.75, 3.05) is 11.9 Å². The lowest BCUT2D eigenvalue weighted by Crippen LogP contribution is -2.27. The monoisotopic (exact) mass is 301 g/mol. The van der Waals surface area contributed by atoms with Crippen LogP contribution in [0.5, 0.6) is 0 Å². The minimum atomic E-state index is -0.155. The third-order valence-electron chi connectivity index (χ3n) is 4.41. The van der Waals surface area contributed by atoms with Crippen LogP contribution < -0.4 is 5.32 Å². The first-order valence-electron chi connectivity index (χ1n) is 7.88. The van der Waals surface area contributed by atoms with Crippen molar-refractivity contribution in [3.8, 4) is 0 Å². The molecular weight excluding hydrogens is 278 g/mol. The molecule has 2 heterocycles. The molecule has 0 aromatic carbocycles. The predicted octanol–water partition coefficient (Wildman–Crippen LogP) is 2.10. The Morgan fingerprint density at radius 2 is 2.14 bits per heavy atom. The second-order valence-electron chi connectivity index (χ2n) is 6.09. The van der Waals surface area contributed by atoms with E-state index in [4.69, 9.17) is 0 Å². The maximum atomic E-state index is 9.39. The SMILES string of the molecule is Cc1n[nH]c(C)c1CCCNc1cc(C2CC(O)C2)ncn1. The van der Waals surface area contributed by atoms with Gasteiger partial charge in [-0.15, -0.1) is 0 Å². The van der Waals surface area contributed by atoms with Gasteiger partial charge in [-0.3, -0.25) is 5.10 Å². The van der Waals surface area contributed by atoms with Crippen molar-refractivity contribution in [2.24, 2.45) is 0 Å². The molecule has 6 heteroatoms. The van der Waals surface area contributed by atoms with Gasteiger partial charge in [0.15, 0.2) is 0 Å². The number of aliphatic hydroxyl groups is 1. The lowest BCUT2D eigenvalue weighted by atomic mass is 9.80. The molecule has 0 aliphatic heterocycles. The van der Waals surface area contributed by atoms with Crippen LogP contribution in [0.4, 0.5) is 5.82 Å². The molecule has 3 rings (SSSR count). The Morgan fingerprint density at radius 3 is 2.82 bits per heavy atom. The van der Waals surface area contributed by atoms with Crippen LogP contribution in [-0.2, 0) is 6.42 Å². The highest BCUT2D eigenvalue weighted by atomic mass is 16.3. The lowest BCUT2D eigenvalue weighted by Gasteiger charge is -2.30. The van der Waals surface area contributed by atoms with Gasteiger partial charge in [0, 0.05) is 29.9 Å². The fourth-order valence-corrected chi connectivity index (χ4v) is 2.95. The number of aromatic nitrogens is 4. The van der Waals surface area contributed by atoms with Crippen LogP contribution in [0.2, 0.25) is 0 Å². The number of aryl methyl sites for hydroxylation is 2. The molecule has 3 N–H and O–H groups in total. The third kappa shape index (κ3) is 3.27. The normalized spacial score (nSPS) is 20.7. The molecule has 1 saturated carbocycles. The Balaban J connectivity index is 1.48. The molecule has 22 heavy (non-hydrogen) atoms. The summed E-state index contributed by atoms with van der Waals surface area (Å²) >= 11 is 0. The van der Waals surface area contributed by atoms with Crippen molar-refractivity contribution in [1.29, 1.82) is 0 Å². The van der Waals surface area contributed by atoms with Gasteiger partial charge < -0.3 is 10.4 Å². The van der Waals surface area contributed by atoms with Crippen molar-refractivity contribution in [1.82, 2.24) is 20.2 Å². The summed E-state index contributed by atoms with van der Waals surface area (Å²) in [5, 5.41) is 20.0. The van der Waals surface area contributed by atoms with Gasteiger partial charge >= 0.3 is 0 Å². The Bertz CT molecular complexity index is 614. The summed E-state index contributed by atoms with van der Waals surface area (Å²) in [5.74, 6) is 1.25. The summed E-state index contributed by atoms with van der Waals surface area (Å²) in [6.45, 7) is 4.97. The van der Waals surface area contributed by atoms with Gasteiger partial charge in [-0.2, -0.15) is 5.10 Å². The first-order valence-corrected chi connectivity index (χ1v) is 7.88. The Hall–Kier alpha value is -1.95. The molecule has 2 aromatic rings. The number of anilines is 1. The summed E-state index contributed by atoms with van der Waals surface area (Å²) in [6.07, 6.45) is 5.12. The first-order chi connectivity index (χ1) is 10.6. The average Bonchev–Trinajstić information content (AvgIpc) is 2.80. The van der Waals surface area contributed by atoms with Gasteiger partial charge in [0.25, 0.3) is 0 Å². The van der Waals surface area contributed by atoms with Crippen LogP contribution in [0.1, 0.15) is 47.8 Å². The molecule has 1 aliphatic carbocycles. The number of hydrogen-bond acceptors (Lipinski definition) is 5. The molecule has 0 amide bonds. The lowest BCUT2D eigenvalue weighted by molar-refractivity contribution is 0.0732. The van der Waals surface area contributed by atoms with E-state index in [9.17, 15) is 5.11 Å². The van der Waals surface area contributed by atoms with E-state index in [0.717, 1.165) is 55.1 Å². The number of H-pyrrole nitrogens is 1. The summed E-state index contributed by atoms with van der Waals surface area (Å²) < 4.78 is 0. The zero-order valence-corrected chi connectivity index (χ0v) is 13.1. The molecular formula is C16H23N5O. The fourth-order valence-electron chi connectivity index (χ4n) is 2.95. The predicted molar refractivity (Wildman–Crippen MR) is 84.9 cm³/mol. The van der Waals surface area contributed by atoms with Crippen LogP contribution >= 0.6 is 0 Å². The van der Waals surface area contributed by atoms with Crippen LogP contribution in [0.3, 0.4) is 0 Å². The van der Waals surface area contributed by atoms with Crippen molar-refractivity contribution in [3.63, 3.8) is 0 Å². The fraction of sp³-hybridized carbons (Fsp3) is 0.562. The highest BCUT2D eigenvalue weighted by Gasteiger charge is 2.29. The number of nitrogens with zero attached hydrogens (tertiary/aromatic N) is 3. The molecule has 0 unspecified atom stereocenters. The molecule has 1 aliphatic rings. The number of nitrogens with one attached hydrogen (secondary N) is 2. The van der Waals surface area contributed by atoms with E-state index in [-0.39, 0.29) is 6.10 Å². The summed E-state index contributed by atoms with van der Waals surface area (Å²) in [6, 6.07) is 2.00. The minimum Gasteiger partial charge on any atom is -0.393 e. The van der Waals surface area contributed by atoms with E-state index in [1.807, 2.05) is 13.0 Å². The second kappa shape index (κ2) is 6.44. The highest BCUT2D eigenvalue weighted by Crippen LogP contribution is 2.35. The van der Waals surface area contributed by atoms with E-state index in [1.54, 1.807) is 6.33 Å². The van der Waals surface area contributed by atoms with Crippen LogP contribution in [0, 0.1) is 13.8 Å². The molecule has 0 saturated heterocycles. The molecule has 2 aromatic heterocycles. The van der Waals surface area contributed by atoms with E-state index in [0.29, 0.717) is 5.92 Å². The molecule has 6 nitrogen and oxygen atoms in total. The van der Waals surface area contributed by atoms with Gasteiger partial charge in [0.2, 0.25) is 0 Å². The van der Waals surface area contributed by atoms with Crippen molar-refractivity contribution < 1.29 is 5.11 Å². The summed E-state index contributed by atoms with van der Waals surface area (Å²) in [7, 11) is 0. The number of rotatable bonds is 6. The van der Waals surface area contributed by atoms with E-state index >= 15 is 0 Å². The number of aliphatic hydroxyl groups excluding tert-OH is 1. The van der Waals surface area contributed by atoms with E-state index < -0.39 is 0 Å². The standard InChI is InChI=1S/C16H23N5O/c1-10-14(11(2)21-20-10)4-3-5-17-16-8-15(18-9-19-16)12-6-13(22)7-12/h8-9,12-13,22H,3-7H2,1-2H3,(H,20,21)(H,17,18,19). The molecule has 0 spiro atoms. The Labute approximate surface area is 130 Å². The van der Waals surface area contributed by atoms with Gasteiger partial charge in [-0.05, 0) is 45.1 Å². The van der Waals surface area contributed by atoms with Gasteiger partial charge in [0.1, 0.15) is 12.1 Å². The Kier molecular flexibility index (Phi) is 4.38. The quantitative estimate of drug-likeness (QED) is 0.711. The van der Waals surface area contributed by atoms with E-state index in [1.165, 1.54) is 5.56 Å². The molecule has 0 radical (unpaired) electrons. The van der Waals surface area contributed by atoms with Crippen LogP contribution in [0.15, 0.2) is 12.4 Å². The zero-order chi connectivity index (χ0) is 15.5. The first kappa shape index (κ1) is 15.0. The summed E-state index contributed by atoms with van der Waals surface area (Å²) in [4.78, 5) is 8.58. The van der Waals surface area contributed by atoms with Gasteiger partial charge in [0.05, 0.1) is 11.8 Å². The molecule has 118 valence electrons. The number of aromatic amines is 1. The average molecular weight is 301 g/mol. The second-order valence-corrected chi connectivity index (χ2v) is 6.09. The molecule has 0 bridgehead atoms. The van der Waals surface area contributed by atoms with Crippen molar-refractivity contribution >= 4 is 5.82 Å². The third-order valence-corrected chi connectivity index (χ3v) is 4.41. The van der Waals surface area contributed by atoms with E-state index in [2.05, 4.69) is 32.4 Å². The smallest absolute Gasteiger partial charge is 0.129 e. The minimum absolute atomic E-state index is 0.155. The molecule has 0 atom stereocenters. The maximum absolute atomic E-state index is 9.39.